The van der Waals surface area contributed by atoms with E-state index in [4.69, 9.17) is 11.6 Å². The summed E-state index contributed by atoms with van der Waals surface area (Å²) in [5.74, 6) is -0.108. The van der Waals surface area contributed by atoms with Crippen molar-refractivity contribution in [3.05, 3.63) is 65.2 Å². The van der Waals surface area contributed by atoms with E-state index in [1.807, 2.05) is 26.0 Å². The molecule has 118 valence electrons. The lowest BCUT2D eigenvalue weighted by atomic mass is 10.1. The van der Waals surface area contributed by atoms with Gasteiger partial charge in [-0.2, -0.15) is 5.10 Å². The van der Waals surface area contributed by atoms with Crippen molar-refractivity contribution in [2.45, 2.75) is 19.9 Å². The molecule has 1 atom stereocenters. The molecular formula is C17H17ClN4O. The zero-order valence-electron chi connectivity index (χ0n) is 13.0. The molecule has 1 amide bonds. The summed E-state index contributed by atoms with van der Waals surface area (Å²) in [4.78, 5) is 18.7. The summed E-state index contributed by atoms with van der Waals surface area (Å²) in [5, 5.41) is 4.97. The molecule has 0 N–H and O–H groups in total. The predicted octanol–water partition coefficient (Wildman–Crippen LogP) is 3.61. The summed E-state index contributed by atoms with van der Waals surface area (Å²) < 4.78 is 1.65. The van der Waals surface area contributed by atoms with Crippen LogP contribution in [-0.2, 0) is 0 Å². The summed E-state index contributed by atoms with van der Waals surface area (Å²) in [7, 11) is 0. The van der Waals surface area contributed by atoms with Crippen LogP contribution in [0.25, 0.3) is 5.52 Å². The second-order valence-electron chi connectivity index (χ2n) is 5.30. The van der Waals surface area contributed by atoms with Gasteiger partial charge < -0.3 is 4.90 Å². The van der Waals surface area contributed by atoms with Crippen LogP contribution in [0.15, 0.2) is 48.9 Å². The third-order valence-electron chi connectivity index (χ3n) is 3.88. The molecule has 0 aliphatic rings. The number of hydrogen-bond donors (Lipinski definition) is 0. The van der Waals surface area contributed by atoms with E-state index in [9.17, 15) is 4.79 Å². The number of pyridine rings is 2. The van der Waals surface area contributed by atoms with E-state index in [2.05, 4.69) is 10.1 Å². The normalized spacial score (nSPS) is 12.3. The molecule has 0 aliphatic carbocycles. The van der Waals surface area contributed by atoms with Crippen molar-refractivity contribution in [3.8, 4) is 0 Å². The Morgan fingerprint density at radius 2 is 2.22 bits per heavy atom. The van der Waals surface area contributed by atoms with Gasteiger partial charge in [0.05, 0.1) is 11.6 Å². The lowest BCUT2D eigenvalue weighted by molar-refractivity contribution is 0.0695. The predicted molar refractivity (Wildman–Crippen MR) is 89.6 cm³/mol. The van der Waals surface area contributed by atoms with Crippen molar-refractivity contribution < 1.29 is 4.79 Å². The lowest BCUT2D eigenvalue weighted by Crippen LogP contribution is -2.33. The van der Waals surface area contributed by atoms with Crippen LogP contribution in [0.3, 0.4) is 0 Å². The van der Waals surface area contributed by atoms with Gasteiger partial charge in [0.15, 0.2) is 5.69 Å². The third kappa shape index (κ3) is 3.05. The maximum absolute atomic E-state index is 12.8. The Morgan fingerprint density at radius 1 is 1.39 bits per heavy atom. The topological polar surface area (TPSA) is 50.5 Å². The highest BCUT2D eigenvalue weighted by atomic mass is 35.5. The molecule has 0 aliphatic heterocycles. The van der Waals surface area contributed by atoms with Crippen molar-refractivity contribution >= 4 is 23.0 Å². The maximum Gasteiger partial charge on any atom is 0.274 e. The number of aromatic nitrogens is 3. The standard InChI is InChI=1S/C17H17ClN4O/c1-3-21(12(2)13-5-4-7-19-11-13)17(23)16-10-15-9-14(18)6-8-22(15)20-16/h4-12H,3H2,1-2H3/t12-/m1/s1. The molecule has 0 radical (unpaired) electrons. The van der Waals surface area contributed by atoms with Gasteiger partial charge in [-0.05, 0) is 43.7 Å². The number of carbonyl (C=O) groups excluding carboxylic acids is 1. The molecular weight excluding hydrogens is 312 g/mol. The van der Waals surface area contributed by atoms with E-state index in [1.165, 1.54) is 0 Å². The Labute approximate surface area is 139 Å². The van der Waals surface area contributed by atoms with Crippen molar-refractivity contribution in [1.29, 1.82) is 0 Å². The van der Waals surface area contributed by atoms with Crippen molar-refractivity contribution in [1.82, 2.24) is 19.5 Å². The summed E-state index contributed by atoms with van der Waals surface area (Å²) in [6.07, 6.45) is 5.25. The van der Waals surface area contributed by atoms with E-state index in [0.29, 0.717) is 17.3 Å². The SMILES string of the molecule is CCN(C(=O)c1cc2cc(Cl)ccn2n1)[C@H](C)c1cccnc1. The van der Waals surface area contributed by atoms with Gasteiger partial charge >= 0.3 is 0 Å². The highest BCUT2D eigenvalue weighted by Gasteiger charge is 2.23. The highest BCUT2D eigenvalue weighted by Crippen LogP contribution is 2.22. The summed E-state index contributed by atoms with van der Waals surface area (Å²) >= 11 is 5.98. The Balaban J connectivity index is 1.92. The monoisotopic (exact) mass is 328 g/mol. The highest BCUT2D eigenvalue weighted by molar-refractivity contribution is 6.30. The smallest absolute Gasteiger partial charge is 0.274 e. The van der Waals surface area contributed by atoms with Gasteiger partial charge in [-0.25, -0.2) is 4.52 Å². The first-order valence-electron chi connectivity index (χ1n) is 7.46. The minimum absolute atomic E-state index is 0.0744. The molecule has 0 saturated heterocycles. The molecule has 5 nitrogen and oxygen atoms in total. The van der Waals surface area contributed by atoms with Crippen molar-refractivity contribution in [2.75, 3.05) is 6.54 Å². The van der Waals surface area contributed by atoms with Crippen LogP contribution < -0.4 is 0 Å². The molecule has 0 bridgehead atoms. The summed E-state index contributed by atoms with van der Waals surface area (Å²) in [5.41, 5.74) is 2.20. The molecule has 23 heavy (non-hydrogen) atoms. The van der Waals surface area contributed by atoms with Crippen molar-refractivity contribution in [2.24, 2.45) is 0 Å². The van der Waals surface area contributed by atoms with E-state index >= 15 is 0 Å². The summed E-state index contributed by atoms with van der Waals surface area (Å²) in [6.45, 7) is 4.53. The third-order valence-corrected chi connectivity index (χ3v) is 4.12. The fourth-order valence-electron chi connectivity index (χ4n) is 2.62. The quantitative estimate of drug-likeness (QED) is 0.735. The van der Waals surface area contributed by atoms with Gasteiger partial charge in [-0.1, -0.05) is 17.7 Å². The number of amides is 1. The second-order valence-corrected chi connectivity index (χ2v) is 5.73. The average molecular weight is 329 g/mol. The van der Waals surface area contributed by atoms with E-state index < -0.39 is 0 Å². The van der Waals surface area contributed by atoms with Gasteiger partial charge in [-0.15, -0.1) is 0 Å². The molecule has 0 fully saturated rings. The van der Waals surface area contributed by atoms with Crippen LogP contribution >= 0.6 is 11.6 Å². The van der Waals surface area contributed by atoms with Crippen molar-refractivity contribution in [3.63, 3.8) is 0 Å². The minimum atomic E-state index is -0.108. The molecule has 3 aromatic heterocycles. The first kappa shape index (κ1) is 15.5. The van der Waals surface area contributed by atoms with Crippen LogP contribution in [0.2, 0.25) is 5.02 Å². The van der Waals surface area contributed by atoms with Crippen LogP contribution in [0.4, 0.5) is 0 Å². The first-order valence-corrected chi connectivity index (χ1v) is 7.83. The zero-order valence-corrected chi connectivity index (χ0v) is 13.7. The Morgan fingerprint density at radius 3 is 2.91 bits per heavy atom. The average Bonchev–Trinajstić information content (AvgIpc) is 2.99. The van der Waals surface area contributed by atoms with E-state index in [1.54, 1.807) is 46.2 Å². The van der Waals surface area contributed by atoms with Gasteiger partial charge in [0.2, 0.25) is 0 Å². The van der Waals surface area contributed by atoms with E-state index in [0.717, 1.165) is 11.1 Å². The molecule has 3 aromatic rings. The van der Waals surface area contributed by atoms with Crippen LogP contribution in [0, 0.1) is 0 Å². The Hall–Kier alpha value is -2.40. The molecule has 3 rings (SSSR count). The molecule has 0 aromatic carbocycles. The Bertz CT molecular complexity index is 831. The molecule has 0 saturated carbocycles. The van der Waals surface area contributed by atoms with Crippen LogP contribution in [0.5, 0.6) is 0 Å². The number of nitrogens with zero attached hydrogens (tertiary/aromatic N) is 4. The number of fused-ring (bicyclic) bond motifs is 1. The number of rotatable bonds is 4. The summed E-state index contributed by atoms with van der Waals surface area (Å²) in [6, 6.07) is 9.05. The molecule has 6 heteroatoms. The number of carbonyl (C=O) groups is 1. The second kappa shape index (κ2) is 6.38. The lowest BCUT2D eigenvalue weighted by Gasteiger charge is -2.27. The fraction of sp³-hybridized carbons (Fsp3) is 0.235. The first-order chi connectivity index (χ1) is 11.1. The fourth-order valence-corrected chi connectivity index (χ4v) is 2.78. The maximum atomic E-state index is 12.8. The van der Waals surface area contributed by atoms with E-state index in [-0.39, 0.29) is 11.9 Å². The zero-order chi connectivity index (χ0) is 16.4. The number of halogens is 1. The van der Waals surface area contributed by atoms with Gasteiger partial charge in [0.25, 0.3) is 5.91 Å². The van der Waals surface area contributed by atoms with Crippen LogP contribution in [-0.4, -0.2) is 31.9 Å². The largest absolute Gasteiger partial charge is 0.331 e. The Kier molecular flexibility index (Phi) is 4.30. The minimum Gasteiger partial charge on any atom is -0.331 e. The molecule has 3 heterocycles. The van der Waals surface area contributed by atoms with Crippen LogP contribution in [0.1, 0.15) is 35.9 Å². The number of hydrogen-bond acceptors (Lipinski definition) is 3. The van der Waals surface area contributed by atoms with Gasteiger partial charge in [-0.3, -0.25) is 9.78 Å². The molecule has 0 spiro atoms. The van der Waals surface area contributed by atoms with Gasteiger partial charge in [0, 0.05) is 30.2 Å². The van der Waals surface area contributed by atoms with Gasteiger partial charge in [0.1, 0.15) is 0 Å². The molecule has 0 unspecified atom stereocenters.